The third-order valence-electron chi connectivity index (χ3n) is 4.60. The normalized spacial score (nSPS) is 10.9. The van der Waals surface area contributed by atoms with E-state index in [2.05, 4.69) is 35.6 Å². The van der Waals surface area contributed by atoms with Crippen molar-refractivity contribution < 1.29 is 14.3 Å². The van der Waals surface area contributed by atoms with E-state index < -0.39 is 0 Å². The molecule has 4 rings (SSSR count). The van der Waals surface area contributed by atoms with Gasteiger partial charge in [0.2, 0.25) is 0 Å². The molecule has 0 aliphatic carbocycles. The summed E-state index contributed by atoms with van der Waals surface area (Å²) in [6, 6.07) is 22.4. The first-order valence-corrected chi connectivity index (χ1v) is 11.0. The first-order chi connectivity index (χ1) is 14.1. The van der Waals surface area contributed by atoms with Crippen molar-refractivity contribution in [3.05, 3.63) is 78.5 Å². The zero-order valence-corrected chi connectivity index (χ0v) is 18.2. The summed E-state index contributed by atoms with van der Waals surface area (Å²) in [5, 5.41) is 0. The van der Waals surface area contributed by atoms with Crippen LogP contribution in [0.1, 0.15) is 12.5 Å². The standard InChI is InChI=1S/C24H21NO3Se/c1-16-7-13-20(14-8-16)29-24-22(18-9-11-19(27-3)12-10-18)25-15-5-4-6-21(25)23(24)28-17(2)26/h4-15H,1-3H3. The fourth-order valence-corrected chi connectivity index (χ4v) is 5.46. The summed E-state index contributed by atoms with van der Waals surface area (Å²) in [4.78, 5) is 11.9. The van der Waals surface area contributed by atoms with Gasteiger partial charge in [-0.15, -0.1) is 0 Å². The molecule has 2 aromatic carbocycles. The van der Waals surface area contributed by atoms with E-state index in [1.165, 1.54) is 16.9 Å². The number of fused-ring (bicyclic) bond motifs is 1. The molecule has 4 aromatic rings. The van der Waals surface area contributed by atoms with E-state index in [9.17, 15) is 4.79 Å². The van der Waals surface area contributed by atoms with Gasteiger partial charge in [0.25, 0.3) is 0 Å². The molecular formula is C24H21NO3Se. The Morgan fingerprint density at radius 3 is 2.34 bits per heavy atom. The molecule has 2 aromatic heterocycles. The maximum atomic E-state index is 11.9. The Morgan fingerprint density at radius 1 is 0.966 bits per heavy atom. The SMILES string of the molecule is COc1ccc(-c2c([Se]c3ccc(C)cc3)c(OC(C)=O)c3ccccn23)cc1. The molecule has 0 spiro atoms. The van der Waals surface area contributed by atoms with Crippen LogP contribution in [0.3, 0.4) is 0 Å². The van der Waals surface area contributed by atoms with Crippen LogP contribution in [-0.4, -0.2) is 32.4 Å². The maximum absolute atomic E-state index is 11.9. The molecule has 0 fully saturated rings. The van der Waals surface area contributed by atoms with Crippen molar-refractivity contribution in [1.82, 2.24) is 4.40 Å². The number of carbonyl (C=O) groups is 1. The number of aryl methyl sites for hydroxylation is 1. The Morgan fingerprint density at radius 2 is 1.69 bits per heavy atom. The topological polar surface area (TPSA) is 39.9 Å². The minimum atomic E-state index is -0.316. The Labute approximate surface area is 176 Å². The summed E-state index contributed by atoms with van der Waals surface area (Å²) >= 11 is -0.0419. The van der Waals surface area contributed by atoms with Crippen LogP contribution in [0.2, 0.25) is 0 Å². The number of methoxy groups -OCH3 is 1. The third-order valence-corrected chi connectivity index (χ3v) is 6.89. The van der Waals surface area contributed by atoms with Gasteiger partial charge in [-0.2, -0.15) is 0 Å². The monoisotopic (exact) mass is 451 g/mol. The molecule has 0 aliphatic heterocycles. The number of pyridine rings is 1. The zero-order chi connectivity index (χ0) is 20.4. The average Bonchev–Trinajstić information content (AvgIpc) is 3.02. The van der Waals surface area contributed by atoms with Gasteiger partial charge in [-0.1, -0.05) is 0 Å². The molecule has 0 amide bonds. The number of benzene rings is 2. The van der Waals surface area contributed by atoms with E-state index in [1.54, 1.807) is 7.11 Å². The average molecular weight is 450 g/mol. The summed E-state index contributed by atoms with van der Waals surface area (Å²) in [5.41, 5.74) is 4.20. The van der Waals surface area contributed by atoms with Crippen molar-refractivity contribution in [2.24, 2.45) is 0 Å². The van der Waals surface area contributed by atoms with Crippen LogP contribution in [0.15, 0.2) is 72.9 Å². The van der Waals surface area contributed by atoms with Crippen molar-refractivity contribution in [2.75, 3.05) is 7.11 Å². The van der Waals surface area contributed by atoms with Crippen LogP contribution in [0.5, 0.6) is 11.5 Å². The molecule has 5 heteroatoms. The number of esters is 1. The molecule has 0 atom stereocenters. The summed E-state index contributed by atoms with van der Waals surface area (Å²) in [5.74, 6) is 1.13. The van der Waals surface area contributed by atoms with Gasteiger partial charge in [-0.05, 0) is 0 Å². The van der Waals surface area contributed by atoms with Crippen LogP contribution >= 0.6 is 0 Å². The Balaban J connectivity index is 1.95. The summed E-state index contributed by atoms with van der Waals surface area (Å²) < 4.78 is 15.4. The number of rotatable bonds is 5. The molecule has 0 N–H and O–H groups in total. The van der Waals surface area contributed by atoms with E-state index in [0.29, 0.717) is 5.75 Å². The van der Waals surface area contributed by atoms with Crippen molar-refractivity contribution >= 4 is 35.4 Å². The van der Waals surface area contributed by atoms with Gasteiger partial charge in [0, 0.05) is 0 Å². The number of ether oxygens (including phenoxy) is 2. The van der Waals surface area contributed by atoms with Gasteiger partial charge < -0.3 is 0 Å². The zero-order valence-electron chi connectivity index (χ0n) is 16.5. The van der Waals surface area contributed by atoms with Crippen LogP contribution in [0.25, 0.3) is 16.8 Å². The number of carbonyl (C=O) groups excluding carboxylic acids is 1. The molecule has 4 nitrogen and oxygen atoms in total. The summed E-state index contributed by atoms with van der Waals surface area (Å²) in [6.07, 6.45) is 2.01. The molecule has 29 heavy (non-hydrogen) atoms. The van der Waals surface area contributed by atoms with Crippen LogP contribution in [-0.2, 0) is 4.79 Å². The molecule has 2 heterocycles. The van der Waals surface area contributed by atoms with Crippen molar-refractivity contribution in [3.63, 3.8) is 0 Å². The predicted octanol–water partition coefficient (Wildman–Crippen LogP) is 3.50. The second-order valence-electron chi connectivity index (χ2n) is 6.70. The fraction of sp³-hybridized carbons (Fsp3) is 0.125. The number of nitrogens with zero attached hydrogens (tertiary/aromatic N) is 1. The molecule has 0 saturated carbocycles. The van der Waals surface area contributed by atoms with Crippen molar-refractivity contribution in [3.8, 4) is 22.8 Å². The van der Waals surface area contributed by atoms with Crippen molar-refractivity contribution in [1.29, 1.82) is 0 Å². The van der Waals surface area contributed by atoms with E-state index in [-0.39, 0.29) is 20.9 Å². The van der Waals surface area contributed by atoms with Gasteiger partial charge >= 0.3 is 176 Å². The minimum absolute atomic E-state index is 0.0419. The van der Waals surface area contributed by atoms with Crippen molar-refractivity contribution in [2.45, 2.75) is 13.8 Å². The van der Waals surface area contributed by atoms with E-state index in [4.69, 9.17) is 9.47 Å². The molecule has 0 bridgehead atoms. The van der Waals surface area contributed by atoms with Crippen LogP contribution < -0.4 is 18.4 Å². The van der Waals surface area contributed by atoms with E-state index in [0.717, 1.165) is 27.0 Å². The second-order valence-corrected chi connectivity index (χ2v) is 8.97. The molecule has 0 radical (unpaired) electrons. The molecule has 0 aliphatic rings. The fourth-order valence-electron chi connectivity index (χ4n) is 3.24. The summed E-state index contributed by atoms with van der Waals surface area (Å²) in [6.45, 7) is 3.53. The first-order valence-electron chi connectivity index (χ1n) is 9.27. The molecule has 146 valence electrons. The Kier molecular flexibility index (Phi) is 5.43. The summed E-state index contributed by atoms with van der Waals surface area (Å²) in [7, 11) is 1.66. The molecule has 0 unspecified atom stereocenters. The Hall–Kier alpha value is -3.01. The number of hydrogen-bond acceptors (Lipinski definition) is 3. The molecular weight excluding hydrogens is 429 g/mol. The van der Waals surface area contributed by atoms with Gasteiger partial charge in [0.05, 0.1) is 0 Å². The van der Waals surface area contributed by atoms with Crippen LogP contribution in [0.4, 0.5) is 0 Å². The third kappa shape index (κ3) is 3.93. The van der Waals surface area contributed by atoms with E-state index in [1.807, 2.05) is 48.7 Å². The first kappa shape index (κ1) is 19.3. The second kappa shape index (κ2) is 8.16. The number of aromatic nitrogens is 1. The van der Waals surface area contributed by atoms with Gasteiger partial charge in [0.15, 0.2) is 0 Å². The van der Waals surface area contributed by atoms with E-state index >= 15 is 0 Å². The number of hydrogen-bond donors (Lipinski definition) is 0. The molecule has 0 saturated heterocycles. The van der Waals surface area contributed by atoms with Gasteiger partial charge in [-0.3, -0.25) is 0 Å². The predicted molar refractivity (Wildman–Crippen MR) is 117 cm³/mol. The van der Waals surface area contributed by atoms with Gasteiger partial charge in [0.1, 0.15) is 0 Å². The Bertz CT molecular complexity index is 1160. The van der Waals surface area contributed by atoms with Crippen LogP contribution in [0, 0.1) is 6.92 Å². The quantitative estimate of drug-likeness (QED) is 0.345. The van der Waals surface area contributed by atoms with Gasteiger partial charge in [-0.25, -0.2) is 0 Å².